The van der Waals surface area contributed by atoms with Crippen molar-refractivity contribution in [3.63, 3.8) is 0 Å². The normalized spacial score (nSPS) is 21.4. The highest BCUT2D eigenvalue weighted by Gasteiger charge is 2.18. The molecule has 4 heteroatoms. The first-order chi connectivity index (χ1) is 8.70. The maximum Gasteiger partial charge on any atom is 0.0728 e. The molecule has 1 fully saturated rings. The molecule has 0 aromatic carbocycles. The van der Waals surface area contributed by atoms with Crippen molar-refractivity contribution in [3.05, 3.63) is 21.4 Å². The number of rotatable bonds is 5. The van der Waals surface area contributed by atoms with Crippen LogP contribution >= 0.6 is 11.3 Å². The third-order valence-corrected chi connectivity index (χ3v) is 4.88. The molecule has 2 heterocycles. The quantitative estimate of drug-likeness (QED) is 0.892. The number of piperidine rings is 1. The molecule has 1 aromatic heterocycles. The van der Waals surface area contributed by atoms with E-state index in [2.05, 4.69) is 24.9 Å². The van der Waals surface area contributed by atoms with Crippen molar-refractivity contribution >= 4 is 11.3 Å². The number of nitrogens with two attached hydrogens (primary N) is 1. The SMILES string of the molecule is Cc1sc(CN)cc1COCC1CCCCN1C. The van der Waals surface area contributed by atoms with Gasteiger partial charge in [0.2, 0.25) is 0 Å². The van der Waals surface area contributed by atoms with Crippen LogP contribution in [0.2, 0.25) is 0 Å². The van der Waals surface area contributed by atoms with Crippen molar-refractivity contribution in [3.8, 4) is 0 Å². The fraction of sp³-hybridized carbons (Fsp3) is 0.714. The number of likely N-dealkylation sites (N-methyl/N-ethyl adjacent to an activating group) is 1. The number of thiophene rings is 1. The molecule has 0 radical (unpaired) electrons. The lowest BCUT2D eigenvalue weighted by molar-refractivity contribution is 0.0443. The summed E-state index contributed by atoms with van der Waals surface area (Å²) in [6, 6.07) is 2.79. The summed E-state index contributed by atoms with van der Waals surface area (Å²) >= 11 is 1.79. The lowest BCUT2D eigenvalue weighted by Crippen LogP contribution is -2.39. The summed E-state index contributed by atoms with van der Waals surface area (Å²) in [5.41, 5.74) is 6.96. The monoisotopic (exact) mass is 268 g/mol. The van der Waals surface area contributed by atoms with Crippen LogP contribution < -0.4 is 5.73 Å². The average Bonchev–Trinajstić information content (AvgIpc) is 2.73. The summed E-state index contributed by atoms with van der Waals surface area (Å²) in [5.74, 6) is 0. The predicted octanol–water partition coefficient (Wildman–Crippen LogP) is 2.52. The molecule has 3 nitrogen and oxygen atoms in total. The Morgan fingerprint density at radius 3 is 3.00 bits per heavy atom. The molecular weight excluding hydrogens is 244 g/mol. The second-order valence-electron chi connectivity index (χ2n) is 5.14. The Kier molecular flexibility index (Phi) is 5.18. The van der Waals surface area contributed by atoms with Crippen molar-refractivity contribution in [2.75, 3.05) is 20.2 Å². The Morgan fingerprint density at radius 1 is 1.50 bits per heavy atom. The van der Waals surface area contributed by atoms with Crippen LogP contribution in [0.15, 0.2) is 6.07 Å². The van der Waals surface area contributed by atoms with E-state index in [9.17, 15) is 0 Å². The van der Waals surface area contributed by atoms with Gasteiger partial charge in [-0.05, 0) is 45.0 Å². The highest BCUT2D eigenvalue weighted by Crippen LogP contribution is 2.22. The largest absolute Gasteiger partial charge is 0.375 e. The molecule has 0 saturated carbocycles. The predicted molar refractivity (Wildman–Crippen MR) is 76.9 cm³/mol. The molecule has 0 aliphatic carbocycles. The Bertz CT molecular complexity index is 378. The van der Waals surface area contributed by atoms with Gasteiger partial charge in [-0.2, -0.15) is 0 Å². The fourth-order valence-electron chi connectivity index (χ4n) is 2.49. The summed E-state index contributed by atoms with van der Waals surface area (Å²) in [4.78, 5) is 5.02. The first-order valence-electron chi connectivity index (χ1n) is 6.77. The van der Waals surface area contributed by atoms with E-state index in [-0.39, 0.29) is 0 Å². The molecule has 102 valence electrons. The van der Waals surface area contributed by atoms with Crippen molar-refractivity contribution in [1.82, 2.24) is 4.90 Å². The van der Waals surface area contributed by atoms with E-state index < -0.39 is 0 Å². The fourth-order valence-corrected chi connectivity index (χ4v) is 3.42. The molecule has 18 heavy (non-hydrogen) atoms. The Labute approximate surface area is 114 Å². The van der Waals surface area contributed by atoms with Crippen molar-refractivity contribution in [2.24, 2.45) is 5.73 Å². The van der Waals surface area contributed by atoms with Crippen LogP contribution in [0, 0.1) is 6.92 Å². The van der Waals surface area contributed by atoms with Crippen LogP contribution in [0.1, 0.15) is 34.6 Å². The molecule has 2 rings (SSSR count). The Hall–Kier alpha value is -0.420. The average molecular weight is 268 g/mol. The van der Waals surface area contributed by atoms with Crippen LogP contribution in [-0.4, -0.2) is 31.1 Å². The van der Waals surface area contributed by atoms with Gasteiger partial charge in [0, 0.05) is 22.3 Å². The van der Waals surface area contributed by atoms with E-state index in [1.54, 1.807) is 11.3 Å². The number of likely N-dealkylation sites (tertiary alicyclic amines) is 1. The van der Waals surface area contributed by atoms with E-state index in [1.165, 1.54) is 41.1 Å². The van der Waals surface area contributed by atoms with E-state index in [0.29, 0.717) is 12.6 Å². The highest BCUT2D eigenvalue weighted by atomic mass is 32.1. The zero-order valence-corrected chi connectivity index (χ0v) is 12.3. The summed E-state index contributed by atoms with van der Waals surface area (Å²) in [7, 11) is 2.20. The van der Waals surface area contributed by atoms with Crippen LogP contribution in [0.25, 0.3) is 0 Å². The number of aryl methyl sites for hydroxylation is 1. The summed E-state index contributed by atoms with van der Waals surface area (Å²) in [6.07, 6.45) is 3.94. The summed E-state index contributed by atoms with van der Waals surface area (Å²) < 4.78 is 5.89. The maximum absolute atomic E-state index is 5.89. The van der Waals surface area contributed by atoms with Crippen molar-refractivity contribution in [2.45, 2.75) is 45.4 Å². The lowest BCUT2D eigenvalue weighted by Gasteiger charge is -2.32. The number of hydrogen-bond donors (Lipinski definition) is 1. The minimum atomic E-state index is 0.603. The van der Waals surface area contributed by atoms with Crippen LogP contribution in [0.3, 0.4) is 0 Å². The summed E-state index contributed by atoms with van der Waals surface area (Å²) in [6.45, 7) is 5.57. The van der Waals surface area contributed by atoms with Gasteiger partial charge >= 0.3 is 0 Å². The molecular formula is C14H24N2OS. The second-order valence-corrected chi connectivity index (χ2v) is 6.48. The van der Waals surface area contributed by atoms with Gasteiger partial charge in [-0.1, -0.05) is 6.42 Å². The molecule has 2 N–H and O–H groups in total. The van der Waals surface area contributed by atoms with Gasteiger partial charge in [0.1, 0.15) is 0 Å². The first kappa shape index (κ1) is 14.0. The molecule has 0 spiro atoms. The van der Waals surface area contributed by atoms with Gasteiger partial charge in [-0.3, -0.25) is 0 Å². The molecule has 1 atom stereocenters. The standard InChI is InChI=1S/C14H24N2OS/c1-11-12(7-14(8-15)18-11)9-17-10-13-5-3-4-6-16(13)2/h7,13H,3-6,8-10,15H2,1-2H3. The molecule has 1 aliphatic heterocycles. The van der Waals surface area contributed by atoms with Gasteiger partial charge in [0.15, 0.2) is 0 Å². The van der Waals surface area contributed by atoms with E-state index in [0.717, 1.165) is 13.2 Å². The highest BCUT2D eigenvalue weighted by molar-refractivity contribution is 7.12. The van der Waals surface area contributed by atoms with E-state index in [1.807, 2.05) is 0 Å². The second kappa shape index (κ2) is 6.66. The van der Waals surface area contributed by atoms with Crippen molar-refractivity contribution < 1.29 is 4.74 Å². The van der Waals surface area contributed by atoms with Gasteiger partial charge in [0.05, 0.1) is 13.2 Å². The minimum Gasteiger partial charge on any atom is -0.375 e. The van der Waals surface area contributed by atoms with Crippen molar-refractivity contribution in [1.29, 1.82) is 0 Å². The summed E-state index contributed by atoms with van der Waals surface area (Å²) in [5, 5.41) is 0. The topological polar surface area (TPSA) is 38.5 Å². The Balaban J connectivity index is 1.78. The molecule has 1 aliphatic rings. The van der Waals surface area contributed by atoms with Gasteiger partial charge in [-0.15, -0.1) is 11.3 Å². The molecule has 1 aromatic rings. The van der Waals surface area contributed by atoms with E-state index >= 15 is 0 Å². The number of hydrogen-bond acceptors (Lipinski definition) is 4. The zero-order chi connectivity index (χ0) is 13.0. The molecule has 1 unspecified atom stereocenters. The van der Waals surface area contributed by atoms with Gasteiger partial charge < -0.3 is 15.4 Å². The Morgan fingerprint density at radius 2 is 2.33 bits per heavy atom. The molecule has 0 bridgehead atoms. The zero-order valence-electron chi connectivity index (χ0n) is 11.4. The smallest absolute Gasteiger partial charge is 0.0728 e. The third kappa shape index (κ3) is 3.54. The van der Waals surface area contributed by atoms with Gasteiger partial charge in [-0.25, -0.2) is 0 Å². The maximum atomic E-state index is 5.89. The van der Waals surface area contributed by atoms with Crippen LogP contribution in [0.5, 0.6) is 0 Å². The van der Waals surface area contributed by atoms with E-state index in [4.69, 9.17) is 10.5 Å². The third-order valence-electron chi connectivity index (χ3n) is 3.76. The number of ether oxygens (including phenoxy) is 1. The van der Waals surface area contributed by atoms with Gasteiger partial charge in [0.25, 0.3) is 0 Å². The molecule has 1 saturated heterocycles. The minimum absolute atomic E-state index is 0.603. The molecule has 0 amide bonds. The first-order valence-corrected chi connectivity index (χ1v) is 7.58. The van der Waals surface area contributed by atoms with Crippen LogP contribution in [-0.2, 0) is 17.9 Å². The van der Waals surface area contributed by atoms with Crippen LogP contribution in [0.4, 0.5) is 0 Å². The lowest BCUT2D eigenvalue weighted by atomic mass is 10.0. The number of nitrogens with zero attached hydrogens (tertiary/aromatic N) is 1.